The van der Waals surface area contributed by atoms with Gasteiger partial charge < -0.3 is 9.52 Å². The molecular formula is C19H17BrN2O3. The summed E-state index contributed by atoms with van der Waals surface area (Å²) in [6.45, 7) is 5.37. The average molecular weight is 401 g/mol. The van der Waals surface area contributed by atoms with Gasteiger partial charge in [-0.25, -0.2) is 4.79 Å². The van der Waals surface area contributed by atoms with Crippen molar-refractivity contribution in [2.24, 2.45) is 5.10 Å². The van der Waals surface area contributed by atoms with Gasteiger partial charge in [0.2, 0.25) is 0 Å². The fourth-order valence-corrected chi connectivity index (χ4v) is 2.87. The van der Waals surface area contributed by atoms with Gasteiger partial charge in [-0.05, 0) is 56.7 Å². The zero-order valence-electron chi connectivity index (χ0n) is 14.1. The third-order valence-electron chi connectivity index (χ3n) is 4.03. The van der Waals surface area contributed by atoms with Crippen molar-refractivity contribution in [2.45, 2.75) is 20.8 Å². The van der Waals surface area contributed by atoms with Gasteiger partial charge in [0.1, 0.15) is 11.3 Å². The predicted molar refractivity (Wildman–Crippen MR) is 104 cm³/mol. The van der Waals surface area contributed by atoms with Crippen molar-refractivity contribution in [3.63, 3.8) is 0 Å². The summed E-state index contributed by atoms with van der Waals surface area (Å²) in [5, 5.41) is 15.6. The molecule has 0 atom stereocenters. The molecule has 0 aliphatic heterocycles. The first-order chi connectivity index (χ1) is 11.9. The number of rotatable bonds is 3. The van der Waals surface area contributed by atoms with Crippen LogP contribution in [-0.2, 0) is 0 Å². The Morgan fingerprint density at radius 1 is 1.20 bits per heavy atom. The van der Waals surface area contributed by atoms with E-state index in [0.29, 0.717) is 22.4 Å². The number of aryl methyl sites for hydroxylation is 2. The van der Waals surface area contributed by atoms with Gasteiger partial charge in [0.25, 0.3) is 0 Å². The number of hydrazone groups is 1. The lowest BCUT2D eigenvalue weighted by atomic mass is 10.00. The van der Waals surface area contributed by atoms with Crippen molar-refractivity contribution in [2.75, 3.05) is 5.43 Å². The minimum absolute atomic E-state index is 0.0557. The van der Waals surface area contributed by atoms with Crippen LogP contribution in [0.3, 0.4) is 0 Å². The normalized spacial score (nSPS) is 11.8. The zero-order chi connectivity index (χ0) is 18.1. The molecule has 3 aromatic rings. The molecule has 5 nitrogen and oxygen atoms in total. The minimum Gasteiger partial charge on any atom is -0.507 e. The molecule has 2 aromatic carbocycles. The maximum absolute atomic E-state index is 11.6. The molecule has 0 fully saturated rings. The number of halogens is 1. The number of benzene rings is 2. The van der Waals surface area contributed by atoms with Crippen LogP contribution in [0.15, 0.2) is 55.2 Å². The maximum Gasteiger partial charge on any atom is 0.336 e. The van der Waals surface area contributed by atoms with E-state index in [9.17, 15) is 9.90 Å². The summed E-state index contributed by atoms with van der Waals surface area (Å²) in [6.07, 6.45) is 0. The summed E-state index contributed by atoms with van der Waals surface area (Å²) in [7, 11) is 0. The summed E-state index contributed by atoms with van der Waals surface area (Å²) in [6, 6.07) is 10.8. The third kappa shape index (κ3) is 3.44. The van der Waals surface area contributed by atoms with Crippen molar-refractivity contribution in [1.29, 1.82) is 0 Å². The van der Waals surface area contributed by atoms with Crippen LogP contribution in [0.2, 0.25) is 0 Å². The first kappa shape index (κ1) is 17.2. The molecule has 128 valence electrons. The number of phenols is 1. The van der Waals surface area contributed by atoms with Crippen LogP contribution >= 0.6 is 15.9 Å². The SMILES string of the molecule is CC(=NNc1ccc(Br)cc1)c1cc2c(C)cc(=O)oc2c(C)c1O. The van der Waals surface area contributed by atoms with Crippen LogP contribution in [0.1, 0.15) is 23.6 Å². The Kier molecular flexibility index (Phi) is 4.63. The fraction of sp³-hybridized carbons (Fsp3) is 0.158. The van der Waals surface area contributed by atoms with Crippen molar-refractivity contribution >= 4 is 38.3 Å². The lowest BCUT2D eigenvalue weighted by Gasteiger charge is -2.11. The number of aromatic hydroxyl groups is 1. The standard InChI is InChI=1S/C19H17BrN2O3/c1-10-8-17(23)25-19-11(2)18(24)16(9-15(10)19)12(3)21-22-14-6-4-13(20)5-7-14/h4-9,22,24H,1-3H3. The summed E-state index contributed by atoms with van der Waals surface area (Å²) < 4.78 is 6.24. The molecule has 0 bridgehead atoms. The molecule has 2 N–H and O–H groups in total. The van der Waals surface area contributed by atoms with Gasteiger partial charge in [-0.15, -0.1) is 0 Å². The summed E-state index contributed by atoms with van der Waals surface area (Å²) in [5.74, 6) is 0.0557. The van der Waals surface area contributed by atoms with E-state index >= 15 is 0 Å². The van der Waals surface area contributed by atoms with Crippen molar-refractivity contribution in [1.82, 2.24) is 0 Å². The Bertz CT molecular complexity index is 1040. The summed E-state index contributed by atoms with van der Waals surface area (Å²) in [4.78, 5) is 11.6. The molecule has 0 aliphatic rings. The lowest BCUT2D eigenvalue weighted by Crippen LogP contribution is -2.04. The van der Waals surface area contributed by atoms with Crippen LogP contribution in [-0.4, -0.2) is 10.8 Å². The predicted octanol–water partition coefficient (Wildman–Crippen LogP) is 4.71. The van der Waals surface area contributed by atoms with Crippen molar-refractivity contribution in [3.8, 4) is 5.75 Å². The molecule has 0 amide bonds. The Labute approximate surface area is 153 Å². The van der Waals surface area contributed by atoms with E-state index in [0.717, 1.165) is 21.1 Å². The summed E-state index contributed by atoms with van der Waals surface area (Å²) in [5.41, 5.74) is 6.31. The van der Waals surface area contributed by atoms with E-state index in [2.05, 4.69) is 26.5 Å². The molecule has 3 rings (SSSR count). The van der Waals surface area contributed by atoms with Gasteiger partial charge in [-0.3, -0.25) is 5.43 Å². The molecule has 0 spiro atoms. The van der Waals surface area contributed by atoms with Gasteiger partial charge >= 0.3 is 5.63 Å². The highest BCUT2D eigenvalue weighted by Crippen LogP contribution is 2.32. The number of phenolic OH excluding ortho intramolecular Hbond substituents is 1. The molecule has 6 heteroatoms. The second kappa shape index (κ2) is 6.72. The molecule has 0 saturated heterocycles. The number of nitrogens with zero attached hydrogens (tertiary/aromatic N) is 1. The number of nitrogens with one attached hydrogen (secondary N) is 1. The highest BCUT2D eigenvalue weighted by Gasteiger charge is 2.15. The van der Waals surface area contributed by atoms with Crippen LogP contribution in [0.5, 0.6) is 5.75 Å². The van der Waals surface area contributed by atoms with Crippen LogP contribution in [0.4, 0.5) is 5.69 Å². The zero-order valence-corrected chi connectivity index (χ0v) is 15.6. The highest BCUT2D eigenvalue weighted by molar-refractivity contribution is 9.10. The van der Waals surface area contributed by atoms with E-state index in [1.807, 2.05) is 31.2 Å². The second-order valence-electron chi connectivity index (χ2n) is 5.84. The van der Waals surface area contributed by atoms with Gasteiger partial charge in [0, 0.05) is 27.1 Å². The Morgan fingerprint density at radius 2 is 1.88 bits per heavy atom. The Morgan fingerprint density at radius 3 is 2.56 bits per heavy atom. The fourth-order valence-electron chi connectivity index (χ4n) is 2.61. The molecule has 1 heterocycles. The van der Waals surface area contributed by atoms with E-state index in [-0.39, 0.29) is 5.75 Å². The molecule has 0 saturated carbocycles. The van der Waals surface area contributed by atoms with Crippen molar-refractivity contribution < 1.29 is 9.52 Å². The number of hydrogen-bond acceptors (Lipinski definition) is 5. The first-order valence-electron chi connectivity index (χ1n) is 7.70. The highest BCUT2D eigenvalue weighted by atomic mass is 79.9. The Balaban J connectivity index is 2.05. The molecule has 0 radical (unpaired) electrons. The smallest absolute Gasteiger partial charge is 0.336 e. The quantitative estimate of drug-likeness (QED) is 0.379. The molecule has 25 heavy (non-hydrogen) atoms. The van der Waals surface area contributed by atoms with Crippen molar-refractivity contribution in [3.05, 3.63) is 68.0 Å². The van der Waals surface area contributed by atoms with Gasteiger partial charge in [-0.1, -0.05) is 15.9 Å². The van der Waals surface area contributed by atoms with Gasteiger partial charge in [-0.2, -0.15) is 5.10 Å². The number of fused-ring (bicyclic) bond motifs is 1. The van der Waals surface area contributed by atoms with Crippen LogP contribution in [0.25, 0.3) is 11.0 Å². The third-order valence-corrected chi connectivity index (χ3v) is 4.56. The molecular weight excluding hydrogens is 384 g/mol. The minimum atomic E-state index is -0.428. The van der Waals surface area contributed by atoms with Gasteiger partial charge in [0.15, 0.2) is 0 Å². The number of hydrogen-bond donors (Lipinski definition) is 2. The second-order valence-corrected chi connectivity index (χ2v) is 6.75. The first-order valence-corrected chi connectivity index (χ1v) is 8.49. The van der Waals surface area contributed by atoms with E-state index in [4.69, 9.17) is 4.42 Å². The van der Waals surface area contributed by atoms with Crippen LogP contribution < -0.4 is 11.1 Å². The average Bonchev–Trinajstić information content (AvgIpc) is 2.57. The van der Waals surface area contributed by atoms with E-state index in [1.54, 1.807) is 19.9 Å². The lowest BCUT2D eigenvalue weighted by molar-refractivity contribution is 0.467. The van der Waals surface area contributed by atoms with Gasteiger partial charge in [0.05, 0.1) is 11.4 Å². The number of anilines is 1. The Hall–Kier alpha value is -2.60. The molecule has 0 aliphatic carbocycles. The monoisotopic (exact) mass is 400 g/mol. The molecule has 1 aromatic heterocycles. The molecule has 0 unspecified atom stereocenters. The van der Waals surface area contributed by atoms with Crippen LogP contribution in [0, 0.1) is 13.8 Å². The summed E-state index contributed by atoms with van der Waals surface area (Å²) >= 11 is 3.39. The largest absolute Gasteiger partial charge is 0.507 e. The topological polar surface area (TPSA) is 74.8 Å². The maximum atomic E-state index is 11.6. The van der Waals surface area contributed by atoms with E-state index < -0.39 is 5.63 Å². The van der Waals surface area contributed by atoms with E-state index in [1.165, 1.54) is 6.07 Å².